The minimum atomic E-state index is -0.249. The van der Waals surface area contributed by atoms with Crippen LogP contribution >= 0.6 is 11.3 Å². The molecule has 1 N–H and O–H groups in total. The van der Waals surface area contributed by atoms with Gasteiger partial charge in [-0.2, -0.15) is 0 Å². The molecule has 0 radical (unpaired) electrons. The Morgan fingerprint density at radius 2 is 2.07 bits per heavy atom. The van der Waals surface area contributed by atoms with Gasteiger partial charge in [0.2, 0.25) is 16.9 Å². The summed E-state index contributed by atoms with van der Waals surface area (Å²) in [4.78, 5) is 26.5. The highest BCUT2D eigenvalue weighted by atomic mass is 32.1. The Morgan fingerprint density at radius 1 is 1.27 bits per heavy atom. The number of methoxy groups -OCH3 is 1. The average Bonchev–Trinajstić information content (AvgIpc) is 3.35. The van der Waals surface area contributed by atoms with Gasteiger partial charge in [0.15, 0.2) is 11.5 Å². The monoisotopic (exact) mass is 430 g/mol. The van der Waals surface area contributed by atoms with Crippen LogP contribution < -0.4 is 14.8 Å². The molecule has 1 aliphatic carbocycles. The third-order valence-corrected chi connectivity index (χ3v) is 6.19. The molecule has 2 aliphatic rings. The molecule has 2 fully saturated rings. The van der Waals surface area contributed by atoms with Gasteiger partial charge in [-0.25, -0.2) is 0 Å². The first kappa shape index (κ1) is 20.6. The summed E-state index contributed by atoms with van der Waals surface area (Å²) in [6.45, 7) is 4.41. The van der Waals surface area contributed by atoms with Crippen LogP contribution in [0.5, 0.6) is 11.5 Å². The van der Waals surface area contributed by atoms with Gasteiger partial charge in [-0.3, -0.25) is 14.9 Å². The number of aromatic nitrogens is 2. The van der Waals surface area contributed by atoms with Crippen LogP contribution in [0.1, 0.15) is 55.5 Å². The van der Waals surface area contributed by atoms with Gasteiger partial charge < -0.3 is 14.4 Å². The molecule has 2 amide bonds. The lowest BCUT2D eigenvalue weighted by atomic mass is 9.98. The number of rotatable bonds is 8. The molecule has 0 spiro atoms. The SMILES string of the molecule is COc1ccc(C2CC(=O)N(CC(=O)Nc3nnc(C4CC4)s3)C2)cc1OC(C)C. The number of nitrogens with one attached hydrogen (secondary N) is 1. The second kappa shape index (κ2) is 8.59. The van der Waals surface area contributed by atoms with Gasteiger partial charge in [-0.15, -0.1) is 10.2 Å². The molecule has 1 aromatic heterocycles. The average molecular weight is 431 g/mol. The molecule has 9 heteroatoms. The molecule has 30 heavy (non-hydrogen) atoms. The minimum Gasteiger partial charge on any atom is -0.493 e. The molecule has 1 atom stereocenters. The normalized spacial score (nSPS) is 18.7. The third-order valence-electron chi connectivity index (χ3n) is 5.18. The van der Waals surface area contributed by atoms with Gasteiger partial charge >= 0.3 is 0 Å². The van der Waals surface area contributed by atoms with Crippen molar-refractivity contribution in [1.82, 2.24) is 15.1 Å². The summed E-state index contributed by atoms with van der Waals surface area (Å²) < 4.78 is 11.2. The molecular weight excluding hydrogens is 404 g/mol. The summed E-state index contributed by atoms with van der Waals surface area (Å²) in [7, 11) is 1.60. The van der Waals surface area contributed by atoms with Crippen LogP contribution in [0.2, 0.25) is 0 Å². The molecule has 2 heterocycles. The van der Waals surface area contributed by atoms with Crippen molar-refractivity contribution in [2.24, 2.45) is 0 Å². The van der Waals surface area contributed by atoms with E-state index in [1.807, 2.05) is 32.0 Å². The molecule has 1 saturated carbocycles. The number of anilines is 1. The minimum absolute atomic E-state index is 0.00807. The van der Waals surface area contributed by atoms with Crippen LogP contribution in [0.15, 0.2) is 18.2 Å². The Morgan fingerprint density at radius 3 is 2.77 bits per heavy atom. The number of ether oxygens (including phenoxy) is 2. The van der Waals surface area contributed by atoms with Crippen molar-refractivity contribution in [1.29, 1.82) is 0 Å². The van der Waals surface area contributed by atoms with Crippen molar-refractivity contribution in [2.75, 3.05) is 25.5 Å². The third kappa shape index (κ3) is 4.72. The van der Waals surface area contributed by atoms with Crippen molar-refractivity contribution in [3.05, 3.63) is 28.8 Å². The number of benzene rings is 1. The topological polar surface area (TPSA) is 93.7 Å². The summed E-state index contributed by atoms with van der Waals surface area (Å²) >= 11 is 1.41. The van der Waals surface area contributed by atoms with Gasteiger partial charge in [0.05, 0.1) is 19.8 Å². The van der Waals surface area contributed by atoms with Crippen LogP contribution in [0.25, 0.3) is 0 Å². The van der Waals surface area contributed by atoms with Gasteiger partial charge in [-0.05, 0) is 44.4 Å². The van der Waals surface area contributed by atoms with E-state index in [4.69, 9.17) is 9.47 Å². The molecule has 1 aromatic carbocycles. The summed E-state index contributed by atoms with van der Waals surface area (Å²) in [6.07, 6.45) is 2.66. The number of hydrogen-bond donors (Lipinski definition) is 1. The van der Waals surface area contributed by atoms with Crippen molar-refractivity contribution < 1.29 is 19.1 Å². The fourth-order valence-corrected chi connectivity index (χ4v) is 4.48. The Bertz CT molecular complexity index is 941. The molecule has 8 nitrogen and oxygen atoms in total. The largest absolute Gasteiger partial charge is 0.493 e. The number of carbonyl (C=O) groups is 2. The predicted molar refractivity (Wildman–Crippen MR) is 113 cm³/mol. The van der Waals surface area contributed by atoms with E-state index >= 15 is 0 Å². The summed E-state index contributed by atoms with van der Waals surface area (Å²) in [6, 6.07) is 5.75. The Kier molecular flexibility index (Phi) is 5.90. The van der Waals surface area contributed by atoms with Crippen molar-refractivity contribution in [3.8, 4) is 11.5 Å². The fourth-order valence-electron chi connectivity index (χ4n) is 3.55. The van der Waals surface area contributed by atoms with E-state index in [0.29, 0.717) is 35.5 Å². The van der Waals surface area contributed by atoms with Crippen LogP contribution in [-0.4, -0.2) is 53.2 Å². The lowest BCUT2D eigenvalue weighted by molar-refractivity contribution is -0.131. The summed E-state index contributed by atoms with van der Waals surface area (Å²) in [5.74, 6) is 1.55. The van der Waals surface area contributed by atoms with E-state index < -0.39 is 0 Å². The standard InChI is InChI=1S/C21H26N4O4S/c1-12(2)29-17-8-14(6-7-16(17)28-3)15-9-19(27)25(10-15)11-18(26)22-21-24-23-20(30-21)13-4-5-13/h6-8,12-13,15H,4-5,9-11H2,1-3H3,(H,22,24,26). The molecule has 0 bridgehead atoms. The number of amides is 2. The van der Waals surface area contributed by atoms with Gasteiger partial charge in [-0.1, -0.05) is 17.4 Å². The van der Waals surface area contributed by atoms with Crippen molar-refractivity contribution in [3.63, 3.8) is 0 Å². The highest BCUT2D eigenvalue weighted by Crippen LogP contribution is 2.42. The second-order valence-corrected chi connectivity index (χ2v) is 9.03. The quantitative estimate of drug-likeness (QED) is 0.691. The molecule has 1 aliphatic heterocycles. The maximum atomic E-state index is 12.5. The van der Waals surface area contributed by atoms with E-state index in [2.05, 4.69) is 15.5 Å². The molecule has 4 rings (SSSR count). The lowest BCUT2D eigenvalue weighted by Crippen LogP contribution is -2.34. The number of nitrogens with zero attached hydrogens (tertiary/aromatic N) is 3. The zero-order chi connectivity index (χ0) is 21.3. The maximum absolute atomic E-state index is 12.5. The molecule has 1 saturated heterocycles. The van der Waals surface area contributed by atoms with Crippen LogP contribution in [0, 0.1) is 0 Å². The van der Waals surface area contributed by atoms with Gasteiger partial charge in [0.1, 0.15) is 5.01 Å². The van der Waals surface area contributed by atoms with Gasteiger partial charge in [0.25, 0.3) is 0 Å². The molecular formula is C21H26N4O4S. The number of hydrogen-bond acceptors (Lipinski definition) is 7. The van der Waals surface area contributed by atoms with Gasteiger partial charge in [0, 0.05) is 24.8 Å². The van der Waals surface area contributed by atoms with E-state index in [1.54, 1.807) is 12.0 Å². The zero-order valence-electron chi connectivity index (χ0n) is 17.4. The van der Waals surface area contributed by atoms with Crippen molar-refractivity contribution >= 4 is 28.3 Å². The van der Waals surface area contributed by atoms with Crippen LogP contribution in [-0.2, 0) is 9.59 Å². The Labute approximate surface area is 179 Å². The Hall–Kier alpha value is -2.68. The second-order valence-electron chi connectivity index (χ2n) is 8.02. The molecule has 2 aromatic rings. The maximum Gasteiger partial charge on any atom is 0.245 e. The van der Waals surface area contributed by atoms with E-state index in [-0.39, 0.29) is 30.4 Å². The summed E-state index contributed by atoms with van der Waals surface area (Å²) in [5.41, 5.74) is 1.00. The van der Waals surface area contributed by atoms with Crippen molar-refractivity contribution in [2.45, 2.75) is 51.0 Å². The first-order chi connectivity index (χ1) is 14.4. The summed E-state index contributed by atoms with van der Waals surface area (Å²) in [5, 5.41) is 12.4. The highest BCUT2D eigenvalue weighted by molar-refractivity contribution is 7.15. The smallest absolute Gasteiger partial charge is 0.245 e. The molecule has 160 valence electrons. The fraction of sp³-hybridized carbons (Fsp3) is 0.524. The zero-order valence-corrected chi connectivity index (χ0v) is 18.2. The predicted octanol–water partition coefficient (Wildman–Crippen LogP) is 3.17. The van der Waals surface area contributed by atoms with Crippen LogP contribution in [0.4, 0.5) is 5.13 Å². The Balaban J connectivity index is 1.37. The number of likely N-dealkylation sites (tertiary alicyclic amines) is 1. The first-order valence-corrected chi connectivity index (χ1v) is 11.0. The number of carbonyl (C=O) groups excluding carboxylic acids is 2. The van der Waals surface area contributed by atoms with Crippen LogP contribution in [0.3, 0.4) is 0 Å². The lowest BCUT2D eigenvalue weighted by Gasteiger charge is -2.18. The molecule has 1 unspecified atom stereocenters. The van der Waals surface area contributed by atoms with E-state index in [9.17, 15) is 9.59 Å². The van der Waals surface area contributed by atoms with E-state index in [0.717, 1.165) is 23.4 Å². The highest BCUT2D eigenvalue weighted by Gasteiger charge is 2.33. The first-order valence-electron chi connectivity index (χ1n) is 10.2. The van der Waals surface area contributed by atoms with E-state index in [1.165, 1.54) is 11.3 Å².